The summed E-state index contributed by atoms with van der Waals surface area (Å²) in [6.45, 7) is 1.03. The average Bonchev–Trinajstić information content (AvgIpc) is 3.56. The number of hydrogen-bond acceptors (Lipinski definition) is 5. The van der Waals surface area contributed by atoms with E-state index in [1.807, 2.05) is 59.3 Å². The Hall–Kier alpha value is -3.75. The third-order valence-electron chi connectivity index (χ3n) is 5.88. The number of nitrogens with zero attached hydrogens (tertiary/aromatic N) is 5. The van der Waals surface area contributed by atoms with Gasteiger partial charge in [0, 0.05) is 30.0 Å². The maximum atomic E-state index is 13.0. The number of likely N-dealkylation sites (tertiary alicyclic amines) is 1. The molecule has 3 aromatic rings. The number of anilines is 2. The predicted molar refractivity (Wildman–Crippen MR) is 120 cm³/mol. The zero-order chi connectivity index (χ0) is 21.9. The minimum Gasteiger partial charge on any atom is -0.326 e. The molecule has 2 aliphatic rings. The van der Waals surface area contributed by atoms with Gasteiger partial charge in [0.25, 0.3) is 0 Å². The van der Waals surface area contributed by atoms with Gasteiger partial charge in [-0.25, -0.2) is 9.48 Å². The van der Waals surface area contributed by atoms with E-state index in [9.17, 15) is 9.59 Å². The Bertz CT molecular complexity index is 1110. The Balaban J connectivity index is 1.23. The minimum atomic E-state index is -0.259. The molecular weight excluding hydrogens is 406 g/mol. The monoisotopic (exact) mass is 431 g/mol. The Kier molecular flexibility index (Phi) is 5.53. The van der Waals surface area contributed by atoms with Crippen molar-refractivity contribution in [3.8, 4) is 11.4 Å². The van der Waals surface area contributed by atoms with Gasteiger partial charge < -0.3 is 15.5 Å². The van der Waals surface area contributed by atoms with Crippen molar-refractivity contribution in [2.75, 3.05) is 23.7 Å². The summed E-state index contributed by atoms with van der Waals surface area (Å²) in [7, 11) is 0. The van der Waals surface area contributed by atoms with E-state index >= 15 is 0 Å². The lowest BCUT2D eigenvalue weighted by atomic mass is 9.97. The van der Waals surface area contributed by atoms with E-state index in [2.05, 4.69) is 26.2 Å². The lowest BCUT2D eigenvalue weighted by Crippen LogP contribution is -2.45. The van der Waals surface area contributed by atoms with Gasteiger partial charge in [-0.3, -0.25) is 4.79 Å². The van der Waals surface area contributed by atoms with Crippen LogP contribution in [0.5, 0.6) is 0 Å². The van der Waals surface area contributed by atoms with Crippen molar-refractivity contribution >= 4 is 23.3 Å². The van der Waals surface area contributed by atoms with Crippen LogP contribution in [-0.2, 0) is 4.79 Å². The van der Waals surface area contributed by atoms with Crippen LogP contribution >= 0.6 is 0 Å². The van der Waals surface area contributed by atoms with Crippen LogP contribution in [0.3, 0.4) is 0 Å². The van der Waals surface area contributed by atoms with Crippen LogP contribution in [0.2, 0.25) is 0 Å². The fourth-order valence-corrected chi connectivity index (χ4v) is 4.03. The first-order valence-electron chi connectivity index (χ1n) is 11.0. The van der Waals surface area contributed by atoms with Crippen LogP contribution in [0.4, 0.5) is 16.2 Å². The zero-order valence-corrected chi connectivity index (χ0v) is 17.6. The Morgan fingerprint density at radius 3 is 2.56 bits per heavy atom. The number of hydrogen-bond donors (Lipinski definition) is 2. The van der Waals surface area contributed by atoms with Gasteiger partial charge in [0.1, 0.15) is 0 Å². The number of urea groups is 1. The van der Waals surface area contributed by atoms with Gasteiger partial charge in [-0.15, -0.1) is 5.10 Å². The molecule has 1 saturated heterocycles. The van der Waals surface area contributed by atoms with Gasteiger partial charge in [-0.05, 0) is 60.4 Å². The van der Waals surface area contributed by atoms with Crippen LogP contribution in [0.25, 0.3) is 11.4 Å². The van der Waals surface area contributed by atoms with E-state index < -0.39 is 0 Å². The van der Waals surface area contributed by atoms with Crippen LogP contribution in [0, 0.1) is 5.92 Å². The van der Waals surface area contributed by atoms with Gasteiger partial charge in [0.2, 0.25) is 5.91 Å². The summed E-state index contributed by atoms with van der Waals surface area (Å²) in [5.41, 5.74) is 2.31. The van der Waals surface area contributed by atoms with Crippen molar-refractivity contribution in [2.45, 2.75) is 31.7 Å². The zero-order valence-electron chi connectivity index (χ0n) is 17.6. The van der Waals surface area contributed by atoms with Crippen LogP contribution < -0.4 is 10.6 Å². The van der Waals surface area contributed by atoms with Gasteiger partial charge >= 0.3 is 6.03 Å². The number of tetrazole rings is 1. The molecule has 2 aromatic carbocycles. The number of para-hydroxylation sites is 1. The SMILES string of the molecule is O=C(Nc1cccc(-c2nnnn2C2CC2)c1)C1CCCN(C(=O)Nc2ccccc2)C1. The number of nitrogens with one attached hydrogen (secondary N) is 2. The summed E-state index contributed by atoms with van der Waals surface area (Å²) in [5, 5.41) is 18.0. The number of carbonyl (C=O) groups is 2. The third kappa shape index (κ3) is 4.46. The number of amides is 3. The van der Waals surface area contributed by atoms with E-state index in [0.29, 0.717) is 30.6 Å². The maximum Gasteiger partial charge on any atom is 0.321 e. The molecule has 9 nitrogen and oxygen atoms in total. The smallest absolute Gasteiger partial charge is 0.321 e. The molecule has 1 atom stereocenters. The second kappa shape index (κ2) is 8.78. The molecule has 2 heterocycles. The van der Waals surface area contributed by atoms with Crippen molar-refractivity contribution < 1.29 is 9.59 Å². The Morgan fingerprint density at radius 2 is 1.75 bits per heavy atom. The second-order valence-electron chi connectivity index (χ2n) is 8.33. The molecule has 32 heavy (non-hydrogen) atoms. The number of aromatic nitrogens is 4. The number of carbonyl (C=O) groups excluding carboxylic acids is 2. The van der Waals surface area contributed by atoms with E-state index in [4.69, 9.17) is 0 Å². The first-order chi connectivity index (χ1) is 15.7. The van der Waals surface area contributed by atoms with Crippen LogP contribution in [-0.4, -0.2) is 50.1 Å². The topological polar surface area (TPSA) is 105 Å². The average molecular weight is 432 g/mol. The largest absolute Gasteiger partial charge is 0.326 e. The minimum absolute atomic E-state index is 0.0823. The van der Waals surface area contributed by atoms with E-state index in [1.54, 1.807) is 4.90 Å². The molecule has 3 amide bonds. The first kappa shape index (κ1) is 20.2. The number of benzene rings is 2. The molecule has 0 spiro atoms. The molecule has 2 N–H and O–H groups in total. The lowest BCUT2D eigenvalue weighted by Gasteiger charge is -2.32. The van der Waals surface area contributed by atoms with Gasteiger partial charge in [-0.2, -0.15) is 0 Å². The number of rotatable bonds is 5. The molecule has 164 valence electrons. The summed E-state index contributed by atoms with van der Waals surface area (Å²) in [6, 6.07) is 17.1. The molecule has 5 rings (SSSR count). The van der Waals surface area contributed by atoms with E-state index in [1.165, 1.54) is 0 Å². The quantitative estimate of drug-likeness (QED) is 0.643. The highest BCUT2D eigenvalue weighted by Crippen LogP contribution is 2.36. The van der Waals surface area contributed by atoms with Crippen molar-refractivity contribution in [3.05, 3.63) is 54.6 Å². The van der Waals surface area contributed by atoms with Crippen LogP contribution in [0.1, 0.15) is 31.7 Å². The van der Waals surface area contributed by atoms with Gasteiger partial charge in [0.15, 0.2) is 5.82 Å². The summed E-state index contributed by atoms with van der Waals surface area (Å²) >= 11 is 0. The Morgan fingerprint density at radius 1 is 0.938 bits per heavy atom. The highest BCUT2D eigenvalue weighted by molar-refractivity contribution is 5.94. The molecule has 0 radical (unpaired) electrons. The number of piperidine rings is 1. The van der Waals surface area contributed by atoms with Crippen molar-refractivity contribution in [2.24, 2.45) is 5.92 Å². The van der Waals surface area contributed by atoms with Crippen molar-refractivity contribution in [1.29, 1.82) is 0 Å². The molecule has 1 aromatic heterocycles. The summed E-state index contributed by atoms with van der Waals surface area (Å²) in [4.78, 5) is 27.3. The summed E-state index contributed by atoms with van der Waals surface area (Å²) < 4.78 is 1.85. The maximum absolute atomic E-state index is 13.0. The molecular formula is C23H25N7O2. The highest BCUT2D eigenvalue weighted by atomic mass is 16.2. The molecule has 1 aliphatic carbocycles. The van der Waals surface area contributed by atoms with E-state index in [0.717, 1.165) is 36.9 Å². The third-order valence-corrected chi connectivity index (χ3v) is 5.88. The molecule has 0 bridgehead atoms. The fraction of sp³-hybridized carbons (Fsp3) is 0.348. The standard InChI is InChI=1S/C23H25N7O2/c31-22(17-7-5-13-29(15-17)23(32)25-18-8-2-1-3-9-18)24-19-10-4-6-16(14-19)21-26-27-28-30(21)20-11-12-20/h1-4,6,8-10,14,17,20H,5,7,11-13,15H2,(H,24,31)(H,25,32). The Labute approximate surface area is 185 Å². The van der Waals surface area contributed by atoms with Crippen molar-refractivity contribution in [1.82, 2.24) is 25.1 Å². The van der Waals surface area contributed by atoms with E-state index in [-0.39, 0.29) is 17.9 Å². The summed E-state index contributed by atoms with van der Waals surface area (Å²) in [6.07, 6.45) is 3.71. The van der Waals surface area contributed by atoms with Crippen molar-refractivity contribution in [3.63, 3.8) is 0 Å². The lowest BCUT2D eigenvalue weighted by molar-refractivity contribution is -0.121. The second-order valence-corrected chi connectivity index (χ2v) is 8.33. The molecule has 1 aliphatic heterocycles. The molecule has 1 saturated carbocycles. The van der Waals surface area contributed by atoms with Gasteiger partial charge in [0.05, 0.1) is 12.0 Å². The normalized spacial score (nSPS) is 18.2. The summed E-state index contributed by atoms with van der Waals surface area (Å²) in [5.74, 6) is 0.372. The fourth-order valence-electron chi connectivity index (χ4n) is 4.03. The molecule has 9 heteroatoms. The predicted octanol–water partition coefficient (Wildman–Crippen LogP) is 3.56. The molecule has 2 fully saturated rings. The van der Waals surface area contributed by atoms with Crippen LogP contribution in [0.15, 0.2) is 54.6 Å². The van der Waals surface area contributed by atoms with Gasteiger partial charge in [-0.1, -0.05) is 30.3 Å². The highest BCUT2D eigenvalue weighted by Gasteiger charge is 2.30. The molecule has 1 unspecified atom stereocenters. The first-order valence-corrected chi connectivity index (χ1v) is 11.0.